The van der Waals surface area contributed by atoms with Gasteiger partial charge in [-0.3, -0.25) is 0 Å². The summed E-state index contributed by atoms with van der Waals surface area (Å²) in [5.74, 6) is 0. The molecule has 0 fully saturated rings. The van der Waals surface area contributed by atoms with Crippen molar-refractivity contribution in [3.63, 3.8) is 0 Å². The number of pyridine rings is 1. The van der Waals surface area contributed by atoms with Crippen molar-refractivity contribution in [2.24, 2.45) is 0 Å². The van der Waals surface area contributed by atoms with E-state index in [9.17, 15) is 5.11 Å². The van der Waals surface area contributed by atoms with Crippen LogP contribution >= 0.6 is 31.9 Å². The predicted molar refractivity (Wildman–Crippen MR) is 110 cm³/mol. The second-order valence-corrected chi connectivity index (χ2v) is 8.22. The van der Waals surface area contributed by atoms with E-state index in [1.54, 1.807) is 6.20 Å². The van der Waals surface area contributed by atoms with Crippen LogP contribution in [-0.4, -0.2) is 10.7 Å². The fraction of sp³-hybridized carbons (Fsp3) is 0.150. The Bertz CT molecular complexity index is 1050. The van der Waals surface area contributed by atoms with Crippen LogP contribution in [0, 0.1) is 0 Å². The number of nitrogens with zero attached hydrogens (tertiary/aromatic N) is 2. The Morgan fingerprint density at radius 1 is 1.00 bits per heavy atom. The van der Waals surface area contributed by atoms with Gasteiger partial charge in [-0.1, -0.05) is 31.9 Å². The zero-order chi connectivity index (χ0) is 18.3. The third-order valence-corrected chi connectivity index (χ3v) is 5.46. The fourth-order valence-electron chi connectivity index (χ4n) is 3.40. The molecular formula is C20H17Br2N3O. The molecule has 4 nitrogen and oxygen atoms in total. The third kappa shape index (κ3) is 3.37. The molecule has 0 amide bonds. The van der Waals surface area contributed by atoms with Gasteiger partial charge in [0, 0.05) is 43.4 Å². The molecule has 1 unspecified atom stereocenters. The van der Waals surface area contributed by atoms with Crippen LogP contribution in [0.25, 0.3) is 21.8 Å². The van der Waals surface area contributed by atoms with Crippen molar-refractivity contribution in [1.29, 1.82) is 0 Å². The molecule has 26 heavy (non-hydrogen) atoms. The Labute approximate surface area is 168 Å². The summed E-state index contributed by atoms with van der Waals surface area (Å²) in [6.45, 7) is 0.768. The van der Waals surface area contributed by atoms with Crippen LogP contribution in [0.2, 0.25) is 0 Å². The van der Waals surface area contributed by atoms with Crippen LogP contribution in [0.5, 0.6) is 0 Å². The molecule has 2 aromatic heterocycles. The molecule has 0 saturated heterocycles. The van der Waals surface area contributed by atoms with Gasteiger partial charge in [0.15, 0.2) is 12.4 Å². The monoisotopic (exact) mass is 473 g/mol. The smallest absolute Gasteiger partial charge is 0.191 e. The number of halogens is 2. The fourth-order valence-corrected chi connectivity index (χ4v) is 4.12. The van der Waals surface area contributed by atoms with E-state index < -0.39 is 6.10 Å². The highest BCUT2D eigenvalue weighted by atomic mass is 79.9. The maximum atomic E-state index is 12.8. The van der Waals surface area contributed by atoms with Gasteiger partial charge in [-0.2, -0.15) is 0 Å². The normalized spacial score (nSPS) is 12.7. The van der Waals surface area contributed by atoms with E-state index in [0.717, 1.165) is 30.8 Å². The SMILES string of the molecule is Nc1ccc[n+](CC([O-])Cn2c3ccc(Br)cc3c3cc(Br)ccc32)c1. The minimum atomic E-state index is -0.784. The van der Waals surface area contributed by atoms with Crippen molar-refractivity contribution in [3.8, 4) is 0 Å². The van der Waals surface area contributed by atoms with Crippen molar-refractivity contribution in [1.82, 2.24) is 4.57 Å². The molecule has 2 heterocycles. The van der Waals surface area contributed by atoms with Gasteiger partial charge in [0.1, 0.15) is 6.54 Å². The number of nitrogen functional groups attached to an aromatic ring is 1. The Balaban J connectivity index is 1.75. The van der Waals surface area contributed by atoms with Crippen LogP contribution in [0.3, 0.4) is 0 Å². The number of aromatic nitrogens is 2. The topological polar surface area (TPSA) is 57.9 Å². The summed E-state index contributed by atoms with van der Waals surface area (Å²) in [6.07, 6.45) is 2.89. The molecule has 2 aromatic carbocycles. The maximum absolute atomic E-state index is 12.8. The molecule has 132 valence electrons. The molecule has 4 aromatic rings. The van der Waals surface area contributed by atoms with Gasteiger partial charge in [-0.15, -0.1) is 0 Å². The van der Waals surface area contributed by atoms with E-state index in [2.05, 4.69) is 60.7 Å². The number of fused-ring (bicyclic) bond motifs is 3. The number of nitrogens with two attached hydrogens (primary N) is 1. The standard InChI is InChI=1S/C20H17Br2N3O/c21-13-3-5-19-17(8-13)18-9-14(22)4-6-20(18)25(19)12-16(26)11-24-7-1-2-15(23)10-24/h1-10,16H,11-12,23H2. The van der Waals surface area contributed by atoms with Gasteiger partial charge >= 0.3 is 0 Å². The lowest BCUT2D eigenvalue weighted by Crippen LogP contribution is -2.46. The largest absolute Gasteiger partial charge is 0.846 e. The molecule has 0 bridgehead atoms. The summed E-state index contributed by atoms with van der Waals surface area (Å²) < 4.78 is 6.03. The summed E-state index contributed by atoms with van der Waals surface area (Å²) in [5.41, 5.74) is 8.61. The van der Waals surface area contributed by atoms with E-state index in [0.29, 0.717) is 18.8 Å². The van der Waals surface area contributed by atoms with Crippen LogP contribution < -0.4 is 15.4 Å². The van der Waals surface area contributed by atoms with E-state index in [1.807, 2.05) is 35.0 Å². The summed E-state index contributed by atoms with van der Waals surface area (Å²) in [6, 6.07) is 16.0. The molecule has 0 saturated carbocycles. The molecule has 0 aliphatic heterocycles. The van der Waals surface area contributed by atoms with Crippen molar-refractivity contribution < 1.29 is 9.67 Å². The summed E-state index contributed by atoms with van der Waals surface area (Å²) in [4.78, 5) is 0. The predicted octanol–water partition coefficient (Wildman–Crippen LogP) is 3.62. The minimum absolute atomic E-state index is 0.374. The first-order chi connectivity index (χ1) is 12.5. The minimum Gasteiger partial charge on any atom is -0.846 e. The van der Waals surface area contributed by atoms with Crippen molar-refractivity contribution in [2.75, 3.05) is 5.73 Å². The van der Waals surface area contributed by atoms with Gasteiger partial charge in [-0.25, -0.2) is 4.57 Å². The van der Waals surface area contributed by atoms with Gasteiger partial charge in [0.25, 0.3) is 0 Å². The van der Waals surface area contributed by atoms with Gasteiger partial charge in [0.05, 0.1) is 5.69 Å². The third-order valence-electron chi connectivity index (χ3n) is 4.47. The van der Waals surface area contributed by atoms with Gasteiger partial charge in [-0.05, 0) is 48.6 Å². The number of anilines is 1. The average Bonchev–Trinajstić information content (AvgIpc) is 2.87. The maximum Gasteiger partial charge on any atom is 0.191 e. The molecular weight excluding hydrogens is 458 g/mol. The second-order valence-electron chi connectivity index (χ2n) is 6.39. The Hall–Kier alpha value is -1.89. The van der Waals surface area contributed by atoms with Gasteiger partial charge < -0.3 is 15.4 Å². The van der Waals surface area contributed by atoms with Crippen LogP contribution in [-0.2, 0) is 13.1 Å². The first-order valence-corrected chi connectivity index (χ1v) is 9.87. The van der Waals surface area contributed by atoms with E-state index >= 15 is 0 Å². The van der Waals surface area contributed by atoms with Crippen molar-refractivity contribution >= 4 is 59.4 Å². The molecule has 6 heteroatoms. The van der Waals surface area contributed by atoms with Gasteiger partial charge in [0.2, 0.25) is 0 Å². The van der Waals surface area contributed by atoms with Crippen molar-refractivity contribution in [2.45, 2.75) is 19.2 Å². The Kier molecular flexibility index (Phi) is 4.73. The van der Waals surface area contributed by atoms with Crippen molar-refractivity contribution in [3.05, 3.63) is 69.9 Å². The number of rotatable bonds is 4. The lowest BCUT2D eigenvalue weighted by atomic mass is 10.2. The quantitative estimate of drug-likeness (QED) is 0.459. The molecule has 1 atom stereocenters. The highest BCUT2D eigenvalue weighted by Crippen LogP contribution is 2.33. The molecule has 0 spiro atoms. The zero-order valence-corrected chi connectivity index (χ0v) is 17.1. The molecule has 2 N–H and O–H groups in total. The van der Waals surface area contributed by atoms with Crippen LogP contribution in [0.15, 0.2) is 69.9 Å². The van der Waals surface area contributed by atoms with E-state index in [4.69, 9.17) is 5.73 Å². The molecule has 0 radical (unpaired) electrons. The molecule has 0 aliphatic rings. The first-order valence-electron chi connectivity index (χ1n) is 8.28. The average molecular weight is 475 g/mol. The highest BCUT2D eigenvalue weighted by molar-refractivity contribution is 9.10. The Morgan fingerprint density at radius 3 is 2.19 bits per heavy atom. The highest BCUT2D eigenvalue weighted by Gasteiger charge is 2.13. The molecule has 0 aliphatic carbocycles. The summed E-state index contributed by atoms with van der Waals surface area (Å²) >= 11 is 7.10. The van der Waals surface area contributed by atoms with E-state index in [-0.39, 0.29) is 0 Å². The summed E-state index contributed by atoms with van der Waals surface area (Å²) in [7, 11) is 0. The zero-order valence-electron chi connectivity index (χ0n) is 13.9. The Morgan fingerprint density at radius 2 is 1.62 bits per heavy atom. The summed E-state index contributed by atoms with van der Waals surface area (Å²) in [5, 5.41) is 15.1. The molecule has 4 rings (SSSR count). The van der Waals surface area contributed by atoms with E-state index in [1.165, 1.54) is 0 Å². The first kappa shape index (κ1) is 17.5. The number of benzene rings is 2. The lowest BCUT2D eigenvalue weighted by Gasteiger charge is -2.21. The second kappa shape index (κ2) is 7.02. The van der Waals surface area contributed by atoms with Crippen LogP contribution in [0.4, 0.5) is 5.69 Å². The number of hydrogen-bond donors (Lipinski definition) is 1. The lowest BCUT2D eigenvalue weighted by molar-refractivity contribution is -0.722. The number of hydrogen-bond acceptors (Lipinski definition) is 2. The van der Waals surface area contributed by atoms with Crippen LogP contribution in [0.1, 0.15) is 0 Å².